The Hall–Kier alpha value is -1.67. The number of hydrogen-bond donors (Lipinski definition) is 1. The third kappa shape index (κ3) is 3.97. The van der Waals surface area contributed by atoms with Crippen LogP contribution >= 0.6 is 0 Å². The van der Waals surface area contributed by atoms with E-state index in [4.69, 9.17) is 10.00 Å². The lowest BCUT2D eigenvalue weighted by Crippen LogP contribution is -2.46. The number of nitrogens with zero attached hydrogens (tertiary/aromatic N) is 1. The van der Waals surface area contributed by atoms with Gasteiger partial charge in [-0.15, -0.1) is 0 Å². The van der Waals surface area contributed by atoms with Gasteiger partial charge >= 0.3 is 0 Å². The Kier molecular flexibility index (Phi) is 5.05. The van der Waals surface area contributed by atoms with Crippen LogP contribution in [0, 0.1) is 23.0 Å². The van der Waals surface area contributed by atoms with Crippen molar-refractivity contribution in [1.82, 2.24) is 5.32 Å². The van der Waals surface area contributed by atoms with Gasteiger partial charge in [0.1, 0.15) is 18.0 Å². The molecule has 0 radical (unpaired) electrons. The largest absolute Gasteiger partial charge is 0.487 e. The predicted octanol–water partition coefficient (Wildman–Crippen LogP) is 2.63. The van der Waals surface area contributed by atoms with Gasteiger partial charge in [0, 0.05) is 6.07 Å². The third-order valence-corrected chi connectivity index (χ3v) is 2.42. The molecule has 1 atom stereocenters. The fraction of sp³-hybridized carbons (Fsp3) is 0.462. The van der Waals surface area contributed by atoms with Crippen LogP contribution in [-0.4, -0.2) is 18.7 Å². The molecule has 0 aliphatic carbocycles. The van der Waals surface area contributed by atoms with Gasteiger partial charge in [0.15, 0.2) is 11.6 Å². The van der Waals surface area contributed by atoms with Crippen LogP contribution in [0.3, 0.4) is 0 Å². The first-order chi connectivity index (χ1) is 8.50. The van der Waals surface area contributed by atoms with Gasteiger partial charge in [-0.25, -0.2) is 8.78 Å². The SMILES string of the molecule is CCCNC(C)(C#N)COc1ccc(F)cc1F. The summed E-state index contributed by atoms with van der Waals surface area (Å²) in [5, 5.41) is 12.1. The number of nitriles is 1. The fourth-order valence-electron chi connectivity index (χ4n) is 1.34. The highest BCUT2D eigenvalue weighted by molar-refractivity contribution is 5.25. The molecule has 1 N–H and O–H groups in total. The Morgan fingerprint density at radius 1 is 1.44 bits per heavy atom. The standard InChI is InChI=1S/C13H16F2N2O/c1-3-6-17-13(2,8-16)9-18-12-5-4-10(14)7-11(12)15/h4-5,7,17H,3,6,9H2,1-2H3. The molecule has 98 valence electrons. The van der Waals surface area contributed by atoms with E-state index in [9.17, 15) is 8.78 Å². The molecular weight excluding hydrogens is 238 g/mol. The molecule has 1 aromatic rings. The van der Waals surface area contributed by atoms with E-state index in [-0.39, 0.29) is 12.4 Å². The maximum absolute atomic E-state index is 13.3. The molecule has 0 saturated carbocycles. The minimum absolute atomic E-state index is 0.00788. The van der Waals surface area contributed by atoms with Gasteiger partial charge in [-0.3, -0.25) is 5.32 Å². The summed E-state index contributed by atoms with van der Waals surface area (Å²) in [5.41, 5.74) is -0.892. The maximum Gasteiger partial charge on any atom is 0.167 e. The normalized spacial score (nSPS) is 13.7. The molecular formula is C13H16F2N2O. The zero-order valence-corrected chi connectivity index (χ0v) is 10.5. The summed E-state index contributed by atoms with van der Waals surface area (Å²) in [4.78, 5) is 0. The van der Waals surface area contributed by atoms with E-state index in [2.05, 4.69) is 11.4 Å². The van der Waals surface area contributed by atoms with Gasteiger partial charge in [-0.05, 0) is 32.0 Å². The van der Waals surface area contributed by atoms with Crippen molar-refractivity contribution in [3.63, 3.8) is 0 Å². The van der Waals surface area contributed by atoms with Crippen LogP contribution in [0.2, 0.25) is 0 Å². The van der Waals surface area contributed by atoms with E-state index in [1.165, 1.54) is 6.07 Å². The van der Waals surface area contributed by atoms with E-state index in [0.29, 0.717) is 6.54 Å². The van der Waals surface area contributed by atoms with Crippen molar-refractivity contribution in [2.45, 2.75) is 25.8 Å². The molecule has 3 nitrogen and oxygen atoms in total. The summed E-state index contributed by atoms with van der Waals surface area (Å²) in [6.07, 6.45) is 0.877. The van der Waals surface area contributed by atoms with Gasteiger partial charge in [0.05, 0.1) is 6.07 Å². The van der Waals surface area contributed by atoms with Crippen molar-refractivity contribution in [3.05, 3.63) is 29.8 Å². The van der Waals surface area contributed by atoms with Gasteiger partial charge in [-0.1, -0.05) is 6.92 Å². The highest BCUT2D eigenvalue weighted by Crippen LogP contribution is 2.19. The van der Waals surface area contributed by atoms with Crippen molar-refractivity contribution in [3.8, 4) is 11.8 Å². The minimum Gasteiger partial charge on any atom is -0.487 e. The second kappa shape index (κ2) is 6.31. The van der Waals surface area contributed by atoms with Crippen LogP contribution in [0.4, 0.5) is 8.78 Å². The summed E-state index contributed by atoms with van der Waals surface area (Å²) in [6.45, 7) is 4.31. The number of nitrogens with one attached hydrogen (secondary N) is 1. The second-order valence-corrected chi connectivity index (χ2v) is 4.23. The Balaban J connectivity index is 2.65. The summed E-state index contributed by atoms with van der Waals surface area (Å²) < 4.78 is 31.2. The van der Waals surface area contributed by atoms with Gasteiger partial charge in [0.2, 0.25) is 0 Å². The second-order valence-electron chi connectivity index (χ2n) is 4.23. The van der Waals surface area contributed by atoms with Crippen molar-refractivity contribution in [2.75, 3.05) is 13.2 Å². The number of halogens is 2. The molecule has 0 bridgehead atoms. The summed E-state index contributed by atoms with van der Waals surface area (Å²) in [7, 11) is 0. The van der Waals surface area contributed by atoms with E-state index in [1.54, 1.807) is 6.92 Å². The zero-order valence-electron chi connectivity index (χ0n) is 10.5. The van der Waals surface area contributed by atoms with Crippen molar-refractivity contribution in [1.29, 1.82) is 5.26 Å². The Labute approximate surface area is 105 Å². The molecule has 0 saturated heterocycles. The van der Waals surface area contributed by atoms with Crippen LogP contribution in [-0.2, 0) is 0 Å². The fourth-order valence-corrected chi connectivity index (χ4v) is 1.34. The third-order valence-electron chi connectivity index (χ3n) is 2.42. The summed E-state index contributed by atoms with van der Waals surface area (Å²) in [6, 6.07) is 5.15. The molecule has 5 heteroatoms. The number of rotatable bonds is 6. The number of ether oxygens (including phenoxy) is 1. The first-order valence-electron chi connectivity index (χ1n) is 5.75. The molecule has 1 aromatic carbocycles. The maximum atomic E-state index is 13.3. The number of hydrogen-bond acceptors (Lipinski definition) is 3. The molecule has 0 aromatic heterocycles. The van der Waals surface area contributed by atoms with E-state index in [0.717, 1.165) is 18.6 Å². The summed E-state index contributed by atoms with van der Waals surface area (Å²) in [5.74, 6) is -1.49. The zero-order chi connectivity index (χ0) is 13.6. The molecule has 0 heterocycles. The van der Waals surface area contributed by atoms with Gasteiger partial charge < -0.3 is 4.74 Å². The lowest BCUT2D eigenvalue weighted by Gasteiger charge is -2.23. The van der Waals surface area contributed by atoms with Crippen LogP contribution in [0.1, 0.15) is 20.3 Å². The van der Waals surface area contributed by atoms with Gasteiger partial charge in [-0.2, -0.15) is 5.26 Å². The average molecular weight is 254 g/mol. The molecule has 1 unspecified atom stereocenters. The van der Waals surface area contributed by atoms with Gasteiger partial charge in [0.25, 0.3) is 0 Å². The van der Waals surface area contributed by atoms with Crippen LogP contribution < -0.4 is 10.1 Å². The molecule has 0 amide bonds. The predicted molar refractivity (Wildman–Crippen MR) is 64.2 cm³/mol. The number of benzene rings is 1. The van der Waals surface area contributed by atoms with Crippen molar-refractivity contribution < 1.29 is 13.5 Å². The van der Waals surface area contributed by atoms with E-state index < -0.39 is 17.2 Å². The molecule has 1 rings (SSSR count). The van der Waals surface area contributed by atoms with E-state index in [1.807, 2.05) is 6.92 Å². The first-order valence-corrected chi connectivity index (χ1v) is 5.75. The lowest BCUT2D eigenvalue weighted by atomic mass is 10.1. The molecule has 0 fully saturated rings. The highest BCUT2D eigenvalue weighted by atomic mass is 19.1. The Bertz CT molecular complexity index is 445. The highest BCUT2D eigenvalue weighted by Gasteiger charge is 2.24. The summed E-state index contributed by atoms with van der Waals surface area (Å²) >= 11 is 0. The molecule has 0 spiro atoms. The lowest BCUT2D eigenvalue weighted by molar-refractivity contribution is 0.225. The monoisotopic (exact) mass is 254 g/mol. The molecule has 0 aliphatic rings. The molecule has 18 heavy (non-hydrogen) atoms. The smallest absolute Gasteiger partial charge is 0.167 e. The van der Waals surface area contributed by atoms with E-state index >= 15 is 0 Å². The Morgan fingerprint density at radius 2 is 2.17 bits per heavy atom. The topological polar surface area (TPSA) is 45.0 Å². The average Bonchev–Trinajstić information content (AvgIpc) is 2.35. The minimum atomic E-state index is -0.892. The molecule has 0 aliphatic heterocycles. The van der Waals surface area contributed by atoms with Crippen LogP contribution in [0.15, 0.2) is 18.2 Å². The van der Waals surface area contributed by atoms with Crippen LogP contribution in [0.5, 0.6) is 5.75 Å². The Morgan fingerprint density at radius 3 is 2.72 bits per heavy atom. The van der Waals surface area contributed by atoms with Crippen molar-refractivity contribution in [2.24, 2.45) is 0 Å². The quantitative estimate of drug-likeness (QED) is 0.848. The first kappa shape index (κ1) is 14.4. The van der Waals surface area contributed by atoms with Crippen molar-refractivity contribution >= 4 is 0 Å². The van der Waals surface area contributed by atoms with Crippen LogP contribution in [0.25, 0.3) is 0 Å².